The Labute approximate surface area is 398 Å². The Bertz CT molecular complexity index is 4660. The first-order valence-corrected chi connectivity index (χ1v) is 23.9. The van der Waals surface area contributed by atoms with Crippen LogP contribution in [0, 0.1) is 17.9 Å². The summed E-state index contributed by atoms with van der Waals surface area (Å²) in [6, 6.07) is 75.7. The van der Waals surface area contributed by atoms with E-state index in [9.17, 15) is 11.8 Å². The number of hydrogen-bond acceptors (Lipinski definition) is 2. The highest BCUT2D eigenvalue weighted by molar-refractivity contribution is 7.26. The predicted octanol–water partition coefficient (Wildman–Crippen LogP) is 16.9. The minimum absolute atomic E-state index is 0.273. The predicted molar refractivity (Wildman–Crippen MR) is 288 cm³/mol. The van der Waals surface area contributed by atoms with Gasteiger partial charge in [0.05, 0.1) is 89.8 Å². The van der Waals surface area contributed by atoms with E-state index in [4.69, 9.17) is 0 Å². The highest BCUT2D eigenvalue weighted by Gasteiger charge is 2.35. The van der Waals surface area contributed by atoms with Crippen molar-refractivity contribution in [3.63, 3.8) is 0 Å². The lowest BCUT2D eigenvalue weighted by Crippen LogP contribution is -2.15. The van der Waals surface area contributed by atoms with Gasteiger partial charge >= 0.3 is 0 Å². The minimum atomic E-state index is 0.273. The summed E-state index contributed by atoms with van der Waals surface area (Å²) >= 11 is 1.78. The number of fused-ring (bicyclic) bond motifs is 16. The summed E-state index contributed by atoms with van der Waals surface area (Å²) in [6.45, 7) is 9.49. The molecule has 15 aromatic rings. The van der Waals surface area contributed by atoms with Crippen LogP contribution in [0.5, 0.6) is 0 Å². The van der Waals surface area contributed by atoms with E-state index in [-0.39, 0.29) is 5.69 Å². The van der Waals surface area contributed by atoms with Crippen LogP contribution in [0.15, 0.2) is 206 Å². The van der Waals surface area contributed by atoms with Crippen molar-refractivity contribution in [3.05, 3.63) is 223 Å². The summed E-state index contributed by atoms with van der Waals surface area (Å²) in [7, 11) is 0. The van der Waals surface area contributed by atoms with Crippen LogP contribution in [0.25, 0.3) is 135 Å². The number of benzene rings is 10. The summed E-state index contributed by atoms with van der Waals surface area (Å²) in [6.07, 6.45) is 0. The molecule has 15 rings (SSSR count). The van der Waals surface area contributed by atoms with Crippen LogP contribution in [0.1, 0.15) is 5.56 Å². The van der Waals surface area contributed by atoms with Gasteiger partial charge in [-0.3, -0.25) is 0 Å². The summed E-state index contributed by atoms with van der Waals surface area (Å²) in [5, 5.41) is 23.2. The van der Waals surface area contributed by atoms with Crippen molar-refractivity contribution in [1.29, 1.82) is 5.26 Å². The topological polar surface area (TPSA) is 47.9 Å². The number of nitrogens with zero attached hydrogens (tertiary/aromatic N) is 6. The van der Waals surface area contributed by atoms with Gasteiger partial charge in [-0.15, -0.1) is 11.3 Å². The second-order valence-corrected chi connectivity index (χ2v) is 18.8. The molecule has 0 amide bonds. The van der Waals surface area contributed by atoms with Crippen LogP contribution in [0.3, 0.4) is 0 Å². The van der Waals surface area contributed by atoms with E-state index in [1.54, 1.807) is 11.3 Å². The Morgan fingerprint density at radius 3 is 1.10 bits per heavy atom. The lowest BCUT2D eigenvalue weighted by Gasteiger charge is -2.28. The zero-order valence-electron chi connectivity index (χ0n) is 36.7. The first kappa shape index (κ1) is 37.8. The molecular formula is C62H34N6S. The SMILES string of the molecule is [C-]#[N+]c1c(C#N)c(-n2c3ccccc3c3ccc4c5ccccc5sc4c32)c(-n2c3ccccc3c3ccccc32)c(-n2c3ccccc3c3ccccc32)c1-n1c2ccccc2c2ccccc21. The van der Waals surface area contributed by atoms with E-state index >= 15 is 0 Å². The highest BCUT2D eigenvalue weighted by atomic mass is 32.1. The molecule has 10 aromatic carbocycles. The van der Waals surface area contributed by atoms with Crippen LogP contribution in [0.4, 0.5) is 5.69 Å². The molecule has 0 aliphatic carbocycles. The molecule has 0 saturated carbocycles. The van der Waals surface area contributed by atoms with E-state index in [2.05, 4.69) is 235 Å². The molecule has 318 valence electrons. The zero-order valence-corrected chi connectivity index (χ0v) is 37.5. The van der Waals surface area contributed by atoms with Crippen LogP contribution >= 0.6 is 11.3 Å². The molecule has 0 aliphatic rings. The van der Waals surface area contributed by atoms with Crippen molar-refractivity contribution in [1.82, 2.24) is 18.3 Å². The second-order valence-electron chi connectivity index (χ2n) is 17.7. The molecule has 5 heterocycles. The second kappa shape index (κ2) is 14.1. The molecule has 5 aromatic heterocycles. The molecule has 0 fully saturated rings. The van der Waals surface area contributed by atoms with Gasteiger partial charge < -0.3 is 18.3 Å². The fraction of sp³-hybridized carbons (Fsp3) is 0. The summed E-state index contributed by atoms with van der Waals surface area (Å²) in [5.41, 5.74) is 11.2. The van der Waals surface area contributed by atoms with E-state index in [1.807, 2.05) is 0 Å². The number of hydrogen-bond donors (Lipinski definition) is 0. The van der Waals surface area contributed by atoms with Gasteiger partial charge in [0.15, 0.2) is 0 Å². The average molecular weight is 895 g/mol. The Morgan fingerprint density at radius 2 is 0.681 bits per heavy atom. The molecule has 7 heteroatoms. The zero-order chi connectivity index (χ0) is 45.5. The smallest absolute Gasteiger partial charge is 0.232 e. The van der Waals surface area contributed by atoms with Gasteiger partial charge in [0, 0.05) is 58.6 Å². The molecule has 0 spiro atoms. The standard InChI is InChI=1S/C62H34N6S/c1-64-56-47(36-63)57(68-54-32-16-8-24-43(54)45-34-35-46-44-25-9-17-33-55(44)69-62(46)58(45)68)60(66-50-28-12-4-20-39(50)40-21-5-13-29-51(40)66)61(67-52-30-14-6-22-41(52)42-23-7-15-31-53(42)67)59(56)65-48-26-10-2-18-37(48)38-19-3-11-27-49(38)65/h2-35H. The first-order valence-electron chi connectivity index (χ1n) is 23.0. The van der Waals surface area contributed by atoms with Crippen molar-refractivity contribution in [2.75, 3.05) is 0 Å². The molecule has 0 radical (unpaired) electrons. The Morgan fingerprint density at radius 1 is 0.348 bits per heavy atom. The molecule has 0 saturated heterocycles. The molecule has 69 heavy (non-hydrogen) atoms. The van der Waals surface area contributed by atoms with Gasteiger partial charge in [-0.1, -0.05) is 158 Å². The third kappa shape index (κ3) is 4.91. The van der Waals surface area contributed by atoms with Crippen LogP contribution in [0.2, 0.25) is 0 Å². The fourth-order valence-electron chi connectivity index (χ4n) is 11.7. The molecule has 0 N–H and O–H groups in total. The van der Waals surface area contributed by atoms with Gasteiger partial charge in [-0.25, -0.2) is 4.85 Å². The number of rotatable bonds is 4. The van der Waals surface area contributed by atoms with E-state index < -0.39 is 0 Å². The molecular weight excluding hydrogens is 861 g/mol. The number of para-hydroxylation sites is 7. The lowest BCUT2D eigenvalue weighted by atomic mass is 10.0. The van der Waals surface area contributed by atoms with E-state index in [0.29, 0.717) is 16.9 Å². The van der Waals surface area contributed by atoms with Crippen molar-refractivity contribution >= 4 is 124 Å². The maximum Gasteiger partial charge on any atom is 0.232 e. The van der Waals surface area contributed by atoms with Crippen LogP contribution in [-0.4, -0.2) is 18.3 Å². The van der Waals surface area contributed by atoms with Gasteiger partial charge in [0.2, 0.25) is 5.69 Å². The normalized spacial score (nSPS) is 12.0. The minimum Gasteiger partial charge on any atom is -0.317 e. The Balaban J connectivity index is 1.31. The maximum absolute atomic E-state index is 12.2. The number of aromatic nitrogens is 4. The third-order valence-electron chi connectivity index (χ3n) is 14.4. The monoisotopic (exact) mass is 894 g/mol. The summed E-state index contributed by atoms with van der Waals surface area (Å²) in [4.78, 5) is 4.59. The Kier molecular flexibility index (Phi) is 7.70. The highest BCUT2D eigenvalue weighted by Crippen LogP contribution is 2.53. The van der Waals surface area contributed by atoms with Crippen LogP contribution in [-0.2, 0) is 0 Å². The van der Waals surface area contributed by atoms with Gasteiger partial charge in [0.25, 0.3) is 0 Å². The molecule has 0 bridgehead atoms. The number of thiophene rings is 1. The van der Waals surface area contributed by atoms with Crippen molar-refractivity contribution in [2.24, 2.45) is 0 Å². The van der Waals surface area contributed by atoms with E-state index in [0.717, 1.165) is 109 Å². The van der Waals surface area contributed by atoms with Crippen molar-refractivity contribution in [2.45, 2.75) is 0 Å². The van der Waals surface area contributed by atoms with Gasteiger partial charge in [0.1, 0.15) is 0 Å². The summed E-state index contributed by atoms with van der Waals surface area (Å²) in [5.74, 6) is 0. The van der Waals surface area contributed by atoms with Crippen LogP contribution < -0.4 is 0 Å². The maximum atomic E-state index is 12.2. The lowest BCUT2D eigenvalue weighted by molar-refractivity contribution is 1.02. The molecule has 6 nitrogen and oxygen atoms in total. The molecule has 0 unspecified atom stereocenters. The van der Waals surface area contributed by atoms with E-state index in [1.165, 1.54) is 10.1 Å². The largest absolute Gasteiger partial charge is 0.317 e. The third-order valence-corrected chi connectivity index (χ3v) is 15.6. The summed E-state index contributed by atoms with van der Waals surface area (Å²) < 4.78 is 11.7. The average Bonchev–Trinajstić information content (AvgIpc) is 4.21. The fourth-order valence-corrected chi connectivity index (χ4v) is 12.9. The van der Waals surface area contributed by atoms with Gasteiger partial charge in [-0.2, -0.15) is 5.26 Å². The van der Waals surface area contributed by atoms with Gasteiger partial charge in [-0.05, 0) is 48.5 Å². The molecule has 0 atom stereocenters. The quantitative estimate of drug-likeness (QED) is 0.162. The molecule has 0 aliphatic heterocycles. The van der Waals surface area contributed by atoms with Crippen molar-refractivity contribution < 1.29 is 0 Å². The first-order chi connectivity index (χ1) is 34.2. The van der Waals surface area contributed by atoms with Crippen molar-refractivity contribution in [3.8, 4) is 28.8 Å². The Hall–Kier alpha value is -9.40. The number of nitriles is 1.